The third-order valence-corrected chi connectivity index (χ3v) is 5.10. The van der Waals surface area contributed by atoms with Crippen LogP contribution in [-0.4, -0.2) is 39.6 Å². The molecule has 8 heteroatoms. The molecule has 32 heavy (non-hydrogen) atoms. The van der Waals surface area contributed by atoms with Crippen molar-refractivity contribution in [2.24, 2.45) is 0 Å². The van der Waals surface area contributed by atoms with Gasteiger partial charge in [0.2, 0.25) is 5.91 Å². The van der Waals surface area contributed by atoms with Gasteiger partial charge in [-0.1, -0.05) is 48.0 Å². The maximum Gasteiger partial charge on any atom is 0.411 e. The standard InChI is InChI=1S/C24H25ClN2O5/c1-24(2,3)32-23(31)27-14-17-7-5-4-6-16(17)13-20(27)21(28)26-19(22(29)30)12-15-8-10-18(25)11-9-15/h4-12,20H,13-14H2,1-3H3,(H,26,28)(H,29,30)/b19-12+/t20-/m0/s1. The van der Waals surface area contributed by atoms with E-state index in [2.05, 4.69) is 5.32 Å². The van der Waals surface area contributed by atoms with Gasteiger partial charge in [-0.25, -0.2) is 9.59 Å². The Hall–Kier alpha value is -3.32. The number of carboxylic acids is 1. The summed E-state index contributed by atoms with van der Waals surface area (Å²) in [6.45, 7) is 5.42. The number of rotatable bonds is 4. The van der Waals surface area contributed by atoms with Crippen molar-refractivity contribution in [2.75, 3.05) is 0 Å². The van der Waals surface area contributed by atoms with Crippen LogP contribution in [0.2, 0.25) is 5.02 Å². The van der Waals surface area contributed by atoms with E-state index in [0.29, 0.717) is 10.6 Å². The molecule has 0 bridgehead atoms. The molecule has 1 aliphatic heterocycles. The van der Waals surface area contributed by atoms with Crippen molar-refractivity contribution < 1.29 is 24.2 Å². The van der Waals surface area contributed by atoms with Gasteiger partial charge in [0.1, 0.15) is 17.3 Å². The summed E-state index contributed by atoms with van der Waals surface area (Å²) >= 11 is 5.87. The minimum Gasteiger partial charge on any atom is -0.477 e. The summed E-state index contributed by atoms with van der Waals surface area (Å²) in [5, 5.41) is 12.6. The largest absolute Gasteiger partial charge is 0.477 e. The van der Waals surface area contributed by atoms with Gasteiger partial charge in [0.05, 0.1) is 6.54 Å². The number of aliphatic carboxylic acids is 1. The van der Waals surface area contributed by atoms with Gasteiger partial charge in [0, 0.05) is 11.4 Å². The number of amides is 2. The first-order valence-corrected chi connectivity index (χ1v) is 10.5. The second-order valence-electron chi connectivity index (χ2n) is 8.50. The molecule has 0 saturated heterocycles. The number of hydrogen-bond donors (Lipinski definition) is 2. The van der Waals surface area contributed by atoms with Crippen molar-refractivity contribution >= 4 is 35.6 Å². The Kier molecular flexibility index (Phi) is 6.89. The van der Waals surface area contributed by atoms with E-state index in [1.165, 1.54) is 11.0 Å². The van der Waals surface area contributed by atoms with Crippen molar-refractivity contribution in [1.82, 2.24) is 10.2 Å². The molecule has 0 fully saturated rings. The number of benzene rings is 2. The predicted octanol–water partition coefficient (Wildman–Crippen LogP) is 4.24. The Bertz CT molecular complexity index is 1060. The van der Waals surface area contributed by atoms with E-state index < -0.39 is 29.6 Å². The summed E-state index contributed by atoms with van der Waals surface area (Å²) in [5.74, 6) is -1.90. The van der Waals surface area contributed by atoms with Crippen molar-refractivity contribution in [1.29, 1.82) is 0 Å². The van der Waals surface area contributed by atoms with E-state index in [9.17, 15) is 19.5 Å². The van der Waals surface area contributed by atoms with Gasteiger partial charge in [-0.15, -0.1) is 0 Å². The van der Waals surface area contributed by atoms with Gasteiger partial charge < -0.3 is 15.2 Å². The normalized spacial score (nSPS) is 16.2. The SMILES string of the molecule is CC(C)(C)OC(=O)N1Cc2ccccc2C[C@H]1C(=O)N/C(=C/c1ccc(Cl)cc1)C(=O)O. The molecule has 0 unspecified atom stereocenters. The molecule has 1 atom stereocenters. The zero-order valence-corrected chi connectivity index (χ0v) is 18.8. The zero-order chi connectivity index (χ0) is 23.5. The molecule has 2 aromatic carbocycles. The van der Waals surface area contributed by atoms with Crippen LogP contribution in [-0.2, 0) is 27.3 Å². The van der Waals surface area contributed by atoms with E-state index in [0.717, 1.165) is 11.1 Å². The van der Waals surface area contributed by atoms with E-state index in [4.69, 9.17) is 16.3 Å². The Morgan fingerprint density at radius 3 is 2.31 bits per heavy atom. The smallest absolute Gasteiger partial charge is 0.411 e. The van der Waals surface area contributed by atoms with Gasteiger partial charge in [0.15, 0.2) is 0 Å². The topological polar surface area (TPSA) is 95.9 Å². The first-order valence-electron chi connectivity index (χ1n) is 10.1. The van der Waals surface area contributed by atoms with Crippen molar-refractivity contribution in [3.63, 3.8) is 0 Å². The van der Waals surface area contributed by atoms with Gasteiger partial charge in [-0.2, -0.15) is 0 Å². The first-order chi connectivity index (χ1) is 15.0. The Balaban J connectivity index is 1.88. The van der Waals surface area contributed by atoms with Crippen LogP contribution in [0.4, 0.5) is 4.79 Å². The lowest BCUT2D eigenvalue weighted by Crippen LogP contribution is -2.53. The van der Waals surface area contributed by atoms with Crippen molar-refractivity contribution in [3.8, 4) is 0 Å². The molecule has 0 aromatic heterocycles. The minimum absolute atomic E-state index is 0.187. The number of ether oxygens (including phenoxy) is 1. The molecule has 3 rings (SSSR count). The van der Waals surface area contributed by atoms with Gasteiger partial charge in [0.25, 0.3) is 0 Å². The number of fused-ring (bicyclic) bond motifs is 1. The Labute approximate surface area is 191 Å². The number of nitrogens with zero attached hydrogens (tertiary/aromatic N) is 1. The third kappa shape index (κ3) is 5.88. The van der Waals surface area contributed by atoms with Crippen molar-refractivity contribution in [2.45, 2.75) is 45.4 Å². The summed E-state index contributed by atoms with van der Waals surface area (Å²) in [7, 11) is 0. The molecule has 1 heterocycles. The lowest BCUT2D eigenvalue weighted by Gasteiger charge is -2.36. The number of nitrogens with one attached hydrogen (secondary N) is 1. The van der Waals surface area contributed by atoms with E-state index in [-0.39, 0.29) is 18.7 Å². The predicted molar refractivity (Wildman–Crippen MR) is 121 cm³/mol. The maximum atomic E-state index is 13.2. The molecule has 1 aliphatic rings. The summed E-state index contributed by atoms with van der Waals surface area (Å²) in [6, 6.07) is 13.1. The molecule has 0 aliphatic carbocycles. The van der Waals surface area contributed by atoms with Gasteiger partial charge in [-0.3, -0.25) is 9.69 Å². The van der Waals surface area contributed by atoms with Crippen LogP contribution in [0, 0.1) is 0 Å². The number of hydrogen-bond acceptors (Lipinski definition) is 4. The minimum atomic E-state index is -1.30. The summed E-state index contributed by atoms with van der Waals surface area (Å²) in [5.41, 5.74) is 1.35. The molecule has 0 saturated carbocycles. The van der Waals surface area contributed by atoms with E-state index in [1.807, 2.05) is 24.3 Å². The molecule has 168 valence electrons. The lowest BCUT2D eigenvalue weighted by molar-refractivity contribution is -0.135. The molecule has 7 nitrogen and oxygen atoms in total. The molecular formula is C24H25ClN2O5. The van der Waals surface area contributed by atoms with Crippen molar-refractivity contribution in [3.05, 3.63) is 75.9 Å². The molecule has 2 aromatic rings. The average molecular weight is 457 g/mol. The molecule has 0 spiro atoms. The molecule has 0 radical (unpaired) electrons. The fraction of sp³-hybridized carbons (Fsp3) is 0.292. The van der Waals surface area contributed by atoms with E-state index >= 15 is 0 Å². The summed E-state index contributed by atoms with van der Waals surface area (Å²) in [4.78, 5) is 39.1. The van der Waals surface area contributed by atoms with E-state index in [1.54, 1.807) is 45.0 Å². The van der Waals surface area contributed by atoms with Crippen LogP contribution in [0.5, 0.6) is 0 Å². The molecular weight excluding hydrogens is 432 g/mol. The second kappa shape index (κ2) is 9.44. The zero-order valence-electron chi connectivity index (χ0n) is 18.1. The Morgan fingerprint density at radius 1 is 1.09 bits per heavy atom. The van der Waals surface area contributed by atoms with Crippen LogP contribution < -0.4 is 5.32 Å². The number of carboxylic acid groups (broad SMARTS) is 1. The summed E-state index contributed by atoms with van der Waals surface area (Å²) < 4.78 is 5.50. The number of halogens is 1. The van der Waals surface area contributed by atoms with Crippen LogP contribution in [0.3, 0.4) is 0 Å². The maximum absolute atomic E-state index is 13.2. The monoisotopic (exact) mass is 456 g/mol. The van der Waals surface area contributed by atoms with Gasteiger partial charge in [-0.05, 0) is 55.7 Å². The highest BCUT2D eigenvalue weighted by Crippen LogP contribution is 2.26. The average Bonchev–Trinajstić information content (AvgIpc) is 2.72. The van der Waals surface area contributed by atoms with Crippen LogP contribution >= 0.6 is 11.6 Å². The summed E-state index contributed by atoms with van der Waals surface area (Å²) in [6.07, 6.45) is 0.950. The molecule has 2 N–H and O–H groups in total. The highest BCUT2D eigenvalue weighted by atomic mass is 35.5. The van der Waals surface area contributed by atoms with Gasteiger partial charge >= 0.3 is 12.1 Å². The highest BCUT2D eigenvalue weighted by molar-refractivity contribution is 6.30. The lowest BCUT2D eigenvalue weighted by atomic mass is 9.93. The second-order valence-corrected chi connectivity index (χ2v) is 8.94. The first kappa shape index (κ1) is 23.3. The quantitative estimate of drug-likeness (QED) is 0.671. The van der Waals surface area contributed by atoms with Crippen LogP contribution in [0.1, 0.15) is 37.5 Å². The van der Waals surface area contributed by atoms with Crippen LogP contribution in [0.25, 0.3) is 6.08 Å². The van der Waals surface area contributed by atoms with Crippen LogP contribution in [0.15, 0.2) is 54.2 Å². The molecule has 2 amide bonds. The Morgan fingerprint density at radius 2 is 1.72 bits per heavy atom. The fourth-order valence-electron chi connectivity index (χ4n) is 3.36. The fourth-order valence-corrected chi connectivity index (χ4v) is 3.49. The highest BCUT2D eigenvalue weighted by Gasteiger charge is 2.37. The number of carbonyl (C=O) groups excluding carboxylic acids is 2. The number of carbonyl (C=O) groups is 3. The third-order valence-electron chi connectivity index (χ3n) is 4.85.